The molecule has 1 fully saturated rings. The van der Waals surface area contributed by atoms with Crippen LogP contribution in [-0.2, 0) is 6.54 Å². The van der Waals surface area contributed by atoms with Gasteiger partial charge in [0.15, 0.2) is 0 Å². The van der Waals surface area contributed by atoms with Crippen molar-refractivity contribution in [2.75, 3.05) is 20.2 Å². The van der Waals surface area contributed by atoms with Crippen molar-refractivity contribution in [1.82, 2.24) is 4.90 Å². The molecule has 134 valence electrons. The van der Waals surface area contributed by atoms with Gasteiger partial charge in [0.1, 0.15) is 29.5 Å². The lowest BCUT2D eigenvalue weighted by Crippen LogP contribution is -2.48. The van der Waals surface area contributed by atoms with Crippen molar-refractivity contribution in [2.24, 2.45) is 0 Å². The summed E-state index contributed by atoms with van der Waals surface area (Å²) in [6, 6.07) is 11.8. The predicted molar refractivity (Wildman–Crippen MR) is 94.7 cm³/mol. The fourth-order valence-corrected chi connectivity index (χ4v) is 3.11. The molecule has 0 amide bonds. The minimum atomic E-state index is -0.641. The molecule has 2 aromatic rings. The molecule has 3 rings (SSSR count). The van der Waals surface area contributed by atoms with Crippen LogP contribution in [0.15, 0.2) is 42.5 Å². The van der Waals surface area contributed by atoms with Crippen LogP contribution in [0.5, 0.6) is 11.5 Å². The Kier molecular flexibility index (Phi) is 5.78. The molecular formula is C19H21ClFNO3. The maximum atomic E-state index is 14.0. The number of aliphatic hydroxyl groups is 1. The molecule has 1 aliphatic heterocycles. The quantitative estimate of drug-likeness (QED) is 0.880. The number of hydrogen-bond acceptors (Lipinski definition) is 4. The zero-order valence-electron chi connectivity index (χ0n) is 14.0. The van der Waals surface area contributed by atoms with Crippen molar-refractivity contribution in [1.29, 1.82) is 0 Å². The van der Waals surface area contributed by atoms with Gasteiger partial charge in [-0.25, -0.2) is 4.39 Å². The molecule has 0 unspecified atom stereocenters. The Bertz CT molecular complexity index is 710. The van der Waals surface area contributed by atoms with Crippen LogP contribution in [0.3, 0.4) is 0 Å². The zero-order valence-corrected chi connectivity index (χ0v) is 14.7. The molecule has 6 heteroatoms. The van der Waals surface area contributed by atoms with Gasteiger partial charge in [-0.2, -0.15) is 0 Å². The molecule has 2 atom stereocenters. The molecule has 0 radical (unpaired) electrons. The van der Waals surface area contributed by atoms with E-state index in [-0.39, 0.29) is 11.9 Å². The van der Waals surface area contributed by atoms with E-state index in [1.54, 1.807) is 43.5 Å². The third-order valence-corrected chi connectivity index (χ3v) is 4.60. The van der Waals surface area contributed by atoms with Gasteiger partial charge in [0.05, 0.1) is 7.11 Å². The topological polar surface area (TPSA) is 41.9 Å². The van der Waals surface area contributed by atoms with Crippen LogP contribution in [0, 0.1) is 5.82 Å². The Morgan fingerprint density at radius 1 is 1.20 bits per heavy atom. The number of piperidine rings is 1. The Hall–Kier alpha value is -1.82. The van der Waals surface area contributed by atoms with E-state index in [2.05, 4.69) is 0 Å². The molecule has 1 aliphatic rings. The summed E-state index contributed by atoms with van der Waals surface area (Å²) in [6.07, 6.45) is -0.263. The second-order valence-corrected chi connectivity index (χ2v) is 6.60. The molecule has 0 aliphatic carbocycles. The molecular weight excluding hydrogens is 345 g/mol. The van der Waals surface area contributed by atoms with Gasteiger partial charge >= 0.3 is 0 Å². The summed E-state index contributed by atoms with van der Waals surface area (Å²) in [5.41, 5.74) is 0.559. The van der Waals surface area contributed by atoms with Gasteiger partial charge in [-0.05, 0) is 48.9 Å². The number of rotatable bonds is 5. The van der Waals surface area contributed by atoms with E-state index in [1.807, 2.05) is 4.90 Å². The first-order chi connectivity index (χ1) is 12.0. The second-order valence-electron chi connectivity index (χ2n) is 6.16. The molecule has 0 saturated carbocycles. The maximum Gasteiger partial charge on any atom is 0.127 e. The number of methoxy groups -OCH3 is 1. The van der Waals surface area contributed by atoms with E-state index >= 15 is 0 Å². The Labute approximate surface area is 151 Å². The zero-order chi connectivity index (χ0) is 17.8. The molecule has 1 saturated heterocycles. The summed E-state index contributed by atoms with van der Waals surface area (Å²) in [5, 5.41) is 11.0. The smallest absolute Gasteiger partial charge is 0.127 e. The molecule has 1 N–H and O–H groups in total. The number of halogens is 2. The molecule has 2 aromatic carbocycles. The molecule has 1 heterocycles. The van der Waals surface area contributed by atoms with Crippen molar-refractivity contribution in [3.8, 4) is 11.5 Å². The highest BCUT2D eigenvalue weighted by molar-refractivity contribution is 6.30. The first-order valence-corrected chi connectivity index (χ1v) is 8.58. The number of aliphatic hydroxyl groups excluding tert-OH is 1. The second kappa shape index (κ2) is 8.04. The Morgan fingerprint density at radius 3 is 2.60 bits per heavy atom. The van der Waals surface area contributed by atoms with Crippen molar-refractivity contribution >= 4 is 11.6 Å². The van der Waals surface area contributed by atoms with E-state index in [4.69, 9.17) is 21.1 Å². The summed E-state index contributed by atoms with van der Waals surface area (Å²) in [7, 11) is 1.56. The maximum absolute atomic E-state index is 14.0. The van der Waals surface area contributed by atoms with E-state index in [0.717, 1.165) is 0 Å². The summed E-state index contributed by atoms with van der Waals surface area (Å²) in [6.45, 7) is 1.56. The molecule has 4 nitrogen and oxygen atoms in total. The monoisotopic (exact) mass is 365 g/mol. The first kappa shape index (κ1) is 18.0. The fourth-order valence-electron chi connectivity index (χ4n) is 2.98. The van der Waals surface area contributed by atoms with Gasteiger partial charge in [0.2, 0.25) is 0 Å². The SMILES string of the molecule is COc1ccc(F)c(CN2CC[C@@H](Oc3ccc(Cl)cc3)[C@H](O)C2)c1. The highest BCUT2D eigenvalue weighted by Crippen LogP contribution is 2.24. The van der Waals surface area contributed by atoms with E-state index < -0.39 is 6.10 Å². The van der Waals surface area contributed by atoms with Crippen molar-refractivity contribution in [2.45, 2.75) is 25.2 Å². The van der Waals surface area contributed by atoms with Gasteiger partial charge in [0.25, 0.3) is 0 Å². The standard InChI is InChI=1S/C19H21ClFNO3/c1-24-16-6-7-17(21)13(10-16)11-22-9-8-19(18(23)12-22)25-15-4-2-14(20)3-5-15/h2-7,10,18-19,23H,8-9,11-12H2,1H3/t18-,19-/m1/s1. The van der Waals surface area contributed by atoms with Crippen LogP contribution in [0.1, 0.15) is 12.0 Å². The third-order valence-electron chi connectivity index (χ3n) is 4.35. The minimum absolute atomic E-state index is 0.269. The average Bonchev–Trinajstić information content (AvgIpc) is 2.61. The van der Waals surface area contributed by atoms with Crippen LogP contribution in [0.4, 0.5) is 4.39 Å². The van der Waals surface area contributed by atoms with Crippen molar-refractivity contribution in [3.63, 3.8) is 0 Å². The van der Waals surface area contributed by atoms with Crippen LogP contribution in [0.25, 0.3) is 0 Å². The lowest BCUT2D eigenvalue weighted by Gasteiger charge is -2.36. The molecule has 0 spiro atoms. The van der Waals surface area contributed by atoms with Gasteiger partial charge in [-0.15, -0.1) is 0 Å². The first-order valence-electron chi connectivity index (χ1n) is 8.20. The normalized spacial score (nSPS) is 21.1. The number of β-amino-alcohol motifs (C(OH)–C–C–N with tert-alkyl or cyclic N) is 1. The Morgan fingerprint density at radius 2 is 1.92 bits per heavy atom. The number of nitrogens with zero attached hydrogens (tertiary/aromatic N) is 1. The minimum Gasteiger partial charge on any atom is -0.497 e. The molecule has 25 heavy (non-hydrogen) atoms. The van der Waals surface area contributed by atoms with Crippen LogP contribution in [0.2, 0.25) is 5.02 Å². The number of likely N-dealkylation sites (tertiary alicyclic amines) is 1. The van der Waals surface area contributed by atoms with Crippen molar-refractivity contribution < 1.29 is 19.0 Å². The average molecular weight is 366 g/mol. The van der Waals surface area contributed by atoms with E-state index in [9.17, 15) is 9.50 Å². The summed E-state index contributed by atoms with van der Waals surface area (Å²) in [4.78, 5) is 2.02. The molecule has 0 aromatic heterocycles. The van der Waals surface area contributed by atoms with Crippen LogP contribution in [-0.4, -0.2) is 42.4 Å². The highest BCUT2D eigenvalue weighted by atomic mass is 35.5. The number of ether oxygens (including phenoxy) is 2. The largest absolute Gasteiger partial charge is 0.497 e. The summed E-state index contributed by atoms with van der Waals surface area (Å²) in [5.74, 6) is 1.04. The van der Waals surface area contributed by atoms with Gasteiger partial charge in [-0.1, -0.05) is 11.6 Å². The highest BCUT2D eigenvalue weighted by Gasteiger charge is 2.29. The summed E-state index contributed by atoms with van der Waals surface area (Å²) >= 11 is 5.86. The van der Waals surface area contributed by atoms with E-state index in [1.165, 1.54) is 6.07 Å². The van der Waals surface area contributed by atoms with Gasteiger partial charge < -0.3 is 14.6 Å². The fraction of sp³-hybridized carbons (Fsp3) is 0.368. The third kappa shape index (κ3) is 4.63. The molecule has 0 bridgehead atoms. The van der Waals surface area contributed by atoms with Gasteiger partial charge in [-0.3, -0.25) is 4.90 Å². The van der Waals surface area contributed by atoms with E-state index in [0.29, 0.717) is 48.1 Å². The Balaban J connectivity index is 1.59. The summed E-state index contributed by atoms with van der Waals surface area (Å²) < 4.78 is 25.0. The predicted octanol–water partition coefficient (Wildman–Crippen LogP) is 3.50. The number of hydrogen-bond donors (Lipinski definition) is 1. The van der Waals surface area contributed by atoms with Crippen molar-refractivity contribution in [3.05, 3.63) is 58.9 Å². The lowest BCUT2D eigenvalue weighted by atomic mass is 10.0. The van der Waals surface area contributed by atoms with Crippen LogP contribution < -0.4 is 9.47 Å². The lowest BCUT2D eigenvalue weighted by molar-refractivity contribution is -0.0277. The number of benzene rings is 2. The van der Waals surface area contributed by atoms with Crippen LogP contribution >= 0.6 is 11.6 Å². The van der Waals surface area contributed by atoms with Gasteiger partial charge in [0, 0.05) is 30.2 Å².